The van der Waals surface area contributed by atoms with E-state index in [1.807, 2.05) is 53.2 Å². The van der Waals surface area contributed by atoms with Crippen molar-refractivity contribution in [3.63, 3.8) is 0 Å². The average molecular weight is 459 g/mol. The third-order valence-corrected chi connectivity index (χ3v) is 5.07. The zero-order chi connectivity index (χ0) is 17.9. The maximum atomic E-state index is 11.7. The Hall–Kier alpha value is -2.68. The maximum absolute atomic E-state index is 11.7. The molecular weight excluding hydrogens is 445 g/mol. The molecule has 0 aliphatic rings. The first-order chi connectivity index (χ1) is 12.7. The monoisotopic (exact) mass is 459 g/mol. The highest BCUT2D eigenvalue weighted by atomic mass is 127. The minimum absolute atomic E-state index is 0.223. The summed E-state index contributed by atoms with van der Waals surface area (Å²) in [7, 11) is 0. The van der Waals surface area contributed by atoms with E-state index in [2.05, 4.69) is 32.9 Å². The SMILES string of the molecule is O=c1cc(OCc2nnn(Cc3ccccc3)c2I)c2ccccc2o1. The molecule has 0 aliphatic carbocycles. The molecule has 0 atom stereocenters. The van der Waals surface area contributed by atoms with Gasteiger partial charge in [-0.15, -0.1) is 5.10 Å². The van der Waals surface area contributed by atoms with Crippen molar-refractivity contribution in [3.05, 3.63) is 86.0 Å². The van der Waals surface area contributed by atoms with Gasteiger partial charge in [0.15, 0.2) is 0 Å². The summed E-state index contributed by atoms with van der Waals surface area (Å²) in [6.45, 7) is 0.866. The van der Waals surface area contributed by atoms with E-state index in [-0.39, 0.29) is 6.61 Å². The van der Waals surface area contributed by atoms with Crippen LogP contribution in [0.2, 0.25) is 0 Å². The molecule has 4 aromatic rings. The number of aromatic nitrogens is 3. The van der Waals surface area contributed by atoms with Gasteiger partial charge in [-0.3, -0.25) is 0 Å². The van der Waals surface area contributed by atoms with Gasteiger partial charge in [-0.05, 0) is 40.3 Å². The molecule has 0 saturated heterocycles. The Balaban J connectivity index is 1.55. The molecule has 0 fully saturated rings. The summed E-state index contributed by atoms with van der Waals surface area (Å²) < 4.78 is 13.8. The molecule has 2 aromatic carbocycles. The molecule has 6 nitrogen and oxygen atoms in total. The van der Waals surface area contributed by atoms with E-state index in [1.165, 1.54) is 6.07 Å². The lowest BCUT2D eigenvalue weighted by Crippen LogP contribution is -2.06. The maximum Gasteiger partial charge on any atom is 0.339 e. The normalized spacial score (nSPS) is 11.0. The average Bonchev–Trinajstić information content (AvgIpc) is 3.00. The molecule has 26 heavy (non-hydrogen) atoms. The van der Waals surface area contributed by atoms with Crippen molar-refractivity contribution in [2.24, 2.45) is 0 Å². The van der Waals surface area contributed by atoms with Gasteiger partial charge in [0.05, 0.1) is 18.0 Å². The predicted molar refractivity (Wildman–Crippen MR) is 105 cm³/mol. The highest BCUT2D eigenvalue weighted by Crippen LogP contribution is 2.24. The lowest BCUT2D eigenvalue weighted by Gasteiger charge is -2.07. The Labute approximate surface area is 162 Å². The number of hydrogen-bond acceptors (Lipinski definition) is 5. The van der Waals surface area contributed by atoms with Crippen molar-refractivity contribution < 1.29 is 9.15 Å². The van der Waals surface area contributed by atoms with Crippen LogP contribution in [0, 0.1) is 3.70 Å². The van der Waals surface area contributed by atoms with E-state index < -0.39 is 5.63 Å². The number of benzene rings is 2. The molecule has 0 aliphatic heterocycles. The fourth-order valence-corrected chi connectivity index (χ4v) is 3.16. The number of para-hydroxylation sites is 1. The van der Waals surface area contributed by atoms with Gasteiger partial charge in [-0.25, -0.2) is 9.48 Å². The molecule has 0 saturated carbocycles. The second kappa shape index (κ2) is 7.28. The first-order valence-corrected chi connectivity index (χ1v) is 9.06. The fourth-order valence-electron chi connectivity index (χ4n) is 2.63. The first-order valence-electron chi connectivity index (χ1n) is 7.98. The summed E-state index contributed by atoms with van der Waals surface area (Å²) in [4.78, 5) is 11.7. The predicted octanol–water partition coefficient (Wildman–Crippen LogP) is 3.62. The van der Waals surface area contributed by atoms with Crippen molar-refractivity contribution in [2.75, 3.05) is 0 Å². The number of hydrogen-bond donors (Lipinski definition) is 0. The summed E-state index contributed by atoms with van der Waals surface area (Å²) in [6, 6.07) is 18.7. The largest absolute Gasteiger partial charge is 0.486 e. The molecule has 0 radical (unpaired) electrons. The van der Waals surface area contributed by atoms with Gasteiger partial charge < -0.3 is 9.15 Å². The Bertz CT molecular complexity index is 1110. The summed E-state index contributed by atoms with van der Waals surface area (Å²) in [5.41, 5.74) is 1.92. The number of nitrogens with zero attached hydrogens (tertiary/aromatic N) is 3. The summed E-state index contributed by atoms with van der Waals surface area (Å²) >= 11 is 2.21. The van der Waals surface area contributed by atoms with Gasteiger partial charge in [0.25, 0.3) is 0 Å². The molecule has 0 spiro atoms. The van der Waals surface area contributed by atoms with Crippen molar-refractivity contribution in [3.8, 4) is 5.75 Å². The summed E-state index contributed by atoms with van der Waals surface area (Å²) in [5, 5.41) is 9.16. The van der Waals surface area contributed by atoms with Crippen molar-refractivity contribution >= 4 is 33.6 Å². The number of halogens is 1. The zero-order valence-electron chi connectivity index (χ0n) is 13.6. The third kappa shape index (κ3) is 3.48. The molecule has 0 amide bonds. The Kier molecular flexibility index (Phi) is 4.70. The van der Waals surface area contributed by atoms with Crippen molar-refractivity contribution in [1.29, 1.82) is 0 Å². The van der Waals surface area contributed by atoms with E-state index in [1.54, 1.807) is 6.07 Å². The number of fused-ring (bicyclic) bond motifs is 1. The molecule has 0 unspecified atom stereocenters. The van der Waals surface area contributed by atoms with Crippen LogP contribution in [0.15, 0.2) is 69.9 Å². The lowest BCUT2D eigenvalue weighted by atomic mass is 10.2. The molecular formula is C19H14IN3O3. The van der Waals surface area contributed by atoms with Crippen molar-refractivity contribution in [1.82, 2.24) is 15.0 Å². The van der Waals surface area contributed by atoms with Crippen LogP contribution in [0.25, 0.3) is 11.0 Å². The van der Waals surface area contributed by atoms with Gasteiger partial charge in [0.2, 0.25) is 0 Å². The second-order valence-electron chi connectivity index (χ2n) is 5.68. The van der Waals surface area contributed by atoms with Gasteiger partial charge in [-0.2, -0.15) is 0 Å². The quantitative estimate of drug-likeness (QED) is 0.337. The van der Waals surface area contributed by atoms with E-state index in [4.69, 9.17) is 9.15 Å². The van der Waals surface area contributed by atoms with Crippen LogP contribution in [0.4, 0.5) is 0 Å². The second-order valence-corrected chi connectivity index (χ2v) is 6.71. The molecule has 7 heteroatoms. The molecule has 0 bridgehead atoms. The zero-order valence-corrected chi connectivity index (χ0v) is 15.8. The molecule has 2 heterocycles. The molecule has 2 aromatic heterocycles. The third-order valence-electron chi connectivity index (χ3n) is 3.89. The number of rotatable bonds is 5. The fraction of sp³-hybridized carbons (Fsp3) is 0.105. The van der Waals surface area contributed by atoms with Gasteiger partial charge in [0, 0.05) is 0 Å². The minimum atomic E-state index is -0.443. The highest BCUT2D eigenvalue weighted by molar-refractivity contribution is 14.1. The van der Waals surface area contributed by atoms with Crippen molar-refractivity contribution in [2.45, 2.75) is 13.2 Å². The summed E-state index contributed by atoms with van der Waals surface area (Å²) in [6.07, 6.45) is 0. The Morgan fingerprint density at radius 1 is 1.08 bits per heavy atom. The van der Waals surface area contributed by atoms with Crippen LogP contribution in [0.3, 0.4) is 0 Å². The van der Waals surface area contributed by atoms with Gasteiger partial charge in [0.1, 0.15) is 27.3 Å². The van der Waals surface area contributed by atoms with Crippen LogP contribution < -0.4 is 10.4 Å². The minimum Gasteiger partial charge on any atom is -0.486 e. The Morgan fingerprint density at radius 2 is 1.85 bits per heavy atom. The topological polar surface area (TPSA) is 70.2 Å². The van der Waals surface area contributed by atoms with Crippen LogP contribution in [0.5, 0.6) is 5.75 Å². The number of ether oxygens (including phenoxy) is 1. The van der Waals surface area contributed by atoms with Crippen LogP contribution in [-0.4, -0.2) is 15.0 Å². The standard InChI is InChI=1S/C19H14IN3O3/c20-19-15(21-22-23(19)11-13-6-2-1-3-7-13)12-25-17-10-18(24)26-16-9-5-4-8-14(16)17/h1-10H,11-12H2. The molecule has 0 N–H and O–H groups in total. The van der Waals surface area contributed by atoms with Crippen LogP contribution >= 0.6 is 22.6 Å². The van der Waals surface area contributed by atoms with E-state index in [9.17, 15) is 4.79 Å². The first kappa shape index (κ1) is 16.8. The molecule has 4 rings (SSSR count). The smallest absolute Gasteiger partial charge is 0.339 e. The Morgan fingerprint density at radius 3 is 2.69 bits per heavy atom. The van der Waals surface area contributed by atoms with E-state index >= 15 is 0 Å². The van der Waals surface area contributed by atoms with Gasteiger partial charge in [-0.1, -0.05) is 47.7 Å². The highest BCUT2D eigenvalue weighted by Gasteiger charge is 2.13. The van der Waals surface area contributed by atoms with E-state index in [0.717, 1.165) is 20.3 Å². The van der Waals surface area contributed by atoms with Crippen LogP contribution in [-0.2, 0) is 13.2 Å². The van der Waals surface area contributed by atoms with Gasteiger partial charge >= 0.3 is 5.63 Å². The lowest BCUT2D eigenvalue weighted by molar-refractivity contribution is 0.301. The summed E-state index contributed by atoms with van der Waals surface area (Å²) in [5.74, 6) is 0.477. The van der Waals surface area contributed by atoms with E-state index in [0.29, 0.717) is 17.9 Å². The molecule has 130 valence electrons. The van der Waals surface area contributed by atoms with Crippen LogP contribution in [0.1, 0.15) is 11.3 Å².